The number of nitrogens with zero attached hydrogens (tertiary/aromatic N) is 1. The lowest BCUT2D eigenvalue weighted by atomic mass is 10.1. The molecule has 0 radical (unpaired) electrons. The Morgan fingerprint density at radius 2 is 1.94 bits per heavy atom. The largest absolute Gasteiger partial charge is 0.424 e. The fourth-order valence-corrected chi connectivity index (χ4v) is 1.55. The van der Waals surface area contributed by atoms with E-state index >= 15 is 0 Å². The molecule has 0 spiro atoms. The van der Waals surface area contributed by atoms with Crippen LogP contribution in [0.2, 0.25) is 5.02 Å². The van der Waals surface area contributed by atoms with Crippen molar-refractivity contribution in [1.29, 1.82) is 0 Å². The predicted molar refractivity (Wildman–Crippen MR) is 56.4 cm³/mol. The van der Waals surface area contributed by atoms with Crippen LogP contribution in [-0.2, 0) is 6.18 Å². The van der Waals surface area contributed by atoms with Crippen LogP contribution < -0.4 is 5.73 Å². The Morgan fingerprint density at radius 3 is 2.47 bits per heavy atom. The van der Waals surface area contributed by atoms with Gasteiger partial charge in [0.15, 0.2) is 5.76 Å². The predicted octanol–water partition coefficient (Wildman–Crippen LogP) is 3.60. The lowest BCUT2D eigenvalue weighted by Gasteiger charge is -2.08. The van der Waals surface area contributed by atoms with Gasteiger partial charge < -0.3 is 10.2 Å². The molecule has 3 nitrogen and oxygen atoms in total. The minimum Gasteiger partial charge on any atom is -0.424 e. The second-order valence-corrected chi connectivity index (χ2v) is 3.73. The van der Waals surface area contributed by atoms with Gasteiger partial charge in [0.1, 0.15) is 0 Å². The Bertz CT molecular complexity index is 551. The first-order chi connectivity index (χ1) is 7.86. The van der Waals surface area contributed by atoms with Crippen LogP contribution >= 0.6 is 11.6 Å². The molecule has 2 N–H and O–H groups in total. The molecular formula is C10H6ClF3N2O. The van der Waals surface area contributed by atoms with E-state index in [0.29, 0.717) is 0 Å². The fraction of sp³-hybridized carbons (Fsp3) is 0.100. The molecule has 2 aromatic rings. The van der Waals surface area contributed by atoms with Crippen molar-refractivity contribution in [1.82, 2.24) is 4.98 Å². The molecule has 1 aromatic carbocycles. The summed E-state index contributed by atoms with van der Waals surface area (Å²) < 4.78 is 42.6. The van der Waals surface area contributed by atoms with Gasteiger partial charge in [-0.05, 0) is 18.2 Å². The van der Waals surface area contributed by atoms with Crippen LogP contribution in [0.25, 0.3) is 11.3 Å². The molecule has 17 heavy (non-hydrogen) atoms. The molecule has 0 bridgehead atoms. The number of oxazole rings is 1. The molecule has 1 heterocycles. The van der Waals surface area contributed by atoms with Crippen molar-refractivity contribution in [2.45, 2.75) is 6.18 Å². The number of benzene rings is 1. The summed E-state index contributed by atoms with van der Waals surface area (Å²) >= 11 is 5.62. The minimum atomic E-state index is -4.47. The van der Waals surface area contributed by atoms with Crippen LogP contribution in [0, 0.1) is 0 Å². The first-order valence-electron chi connectivity index (χ1n) is 4.46. The average molecular weight is 263 g/mol. The number of nitrogen functional groups attached to an aromatic ring is 1. The summed E-state index contributed by atoms with van der Waals surface area (Å²) in [7, 11) is 0. The van der Waals surface area contributed by atoms with Crippen molar-refractivity contribution in [2.75, 3.05) is 5.73 Å². The number of halogens is 4. The summed E-state index contributed by atoms with van der Waals surface area (Å²) in [6.07, 6.45) is -3.23. The lowest BCUT2D eigenvalue weighted by Crippen LogP contribution is -2.04. The van der Waals surface area contributed by atoms with Gasteiger partial charge in [-0.2, -0.15) is 13.2 Å². The molecule has 90 valence electrons. The molecule has 0 amide bonds. The molecule has 0 aliphatic carbocycles. The van der Waals surface area contributed by atoms with E-state index in [1.54, 1.807) is 0 Å². The van der Waals surface area contributed by atoms with E-state index in [4.69, 9.17) is 21.8 Å². The van der Waals surface area contributed by atoms with E-state index < -0.39 is 11.7 Å². The van der Waals surface area contributed by atoms with Crippen molar-refractivity contribution in [2.24, 2.45) is 0 Å². The lowest BCUT2D eigenvalue weighted by molar-refractivity contribution is -0.137. The molecular weight excluding hydrogens is 257 g/mol. The standard InChI is InChI=1S/C10H6ClF3N2O/c11-7-2-5(8-4-16-9(15)17-8)1-6(3-7)10(12,13)14/h1-4H,(H2,15,16). The molecule has 0 aliphatic rings. The molecule has 0 saturated carbocycles. The van der Waals surface area contributed by atoms with E-state index in [2.05, 4.69) is 4.98 Å². The van der Waals surface area contributed by atoms with Crippen LogP contribution in [0.4, 0.5) is 19.2 Å². The maximum atomic E-state index is 12.5. The van der Waals surface area contributed by atoms with Crippen LogP contribution in [0.5, 0.6) is 0 Å². The van der Waals surface area contributed by atoms with Gasteiger partial charge in [0, 0.05) is 10.6 Å². The van der Waals surface area contributed by atoms with Crippen molar-refractivity contribution < 1.29 is 17.6 Å². The summed E-state index contributed by atoms with van der Waals surface area (Å²) in [5.74, 6) is 0.135. The second-order valence-electron chi connectivity index (χ2n) is 3.29. The highest BCUT2D eigenvalue weighted by atomic mass is 35.5. The number of hydrogen-bond donors (Lipinski definition) is 1. The van der Waals surface area contributed by atoms with Gasteiger partial charge in [0.2, 0.25) is 0 Å². The molecule has 0 atom stereocenters. The Morgan fingerprint density at radius 1 is 1.24 bits per heavy atom. The quantitative estimate of drug-likeness (QED) is 0.854. The van der Waals surface area contributed by atoms with E-state index in [9.17, 15) is 13.2 Å². The zero-order chi connectivity index (χ0) is 12.6. The Labute approximate surface area is 99.0 Å². The van der Waals surface area contributed by atoms with Crippen LogP contribution in [0.1, 0.15) is 5.56 Å². The van der Waals surface area contributed by atoms with Crippen LogP contribution in [0.3, 0.4) is 0 Å². The monoisotopic (exact) mass is 262 g/mol. The summed E-state index contributed by atoms with van der Waals surface area (Å²) in [6.45, 7) is 0. The summed E-state index contributed by atoms with van der Waals surface area (Å²) in [6, 6.07) is 2.99. The third-order valence-electron chi connectivity index (χ3n) is 2.03. The highest BCUT2D eigenvalue weighted by Crippen LogP contribution is 2.34. The Hall–Kier alpha value is -1.69. The van der Waals surface area contributed by atoms with Crippen LogP contribution in [-0.4, -0.2) is 4.98 Å². The van der Waals surface area contributed by atoms with Crippen molar-refractivity contribution >= 4 is 17.6 Å². The summed E-state index contributed by atoms with van der Waals surface area (Å²) in [5.41, 5.74) is 4.57. The highest BCUT2D eigenvalue weighted by molar-refractivity contribution is 6.30. The molecule has 2 rings (SSSR count). The maximum Gasteiger partial charge on any atom is 0.416 e. The molecule has 0 saturated heterocycles. The molecule has 0 fully saturated rings. The van der Waals surface area contributed by atoms with Crippen molar-refractivity contribution in [3.8, 4) is 11.3 Å². The smallest absolute Gasteiger partial charge is 0.416 e. The maximum absolute atomic E-state index is 12.5. The van der Waals surface area contributed by atoms with E-state index in [1.807, 2.05) is 0 Å². The fourth-order valence-electron chi connectivity index (χ4n) is 1.32. The van der Waals surface area contributed by atoms with Gasteiger partial charge in [-0.3, -0.25) is 0 Å². The highest BCUT2D eigenvalue weighted by Gasteiger charge is 2.31. The SMILES string of the molecule is Nc1ncc(-c2cc(Cl)cc(C(F)(F)F)c2)o1. The van der Waals surface area contributed by atoms with Gasteiger partial charge in [-0.15, -0.1) is 0 Å². The van der Waals surface area contributed by atoms with Gasteiger partial charge >= 0.3 is 6.18 Å². The molecule has 0 aliphatic heterocycles. The molecule has 1 aromatic heterocycles. The zero-order valence-corrected chi connectivity index (χ0v) is 9.01. The molecule has 0 unspecified atom stereocenters. The van der Waals surface area contributed by atoms with Gasteiger partial charge in [-0.25, -0.2) is 4.98 Å². The van der Waals surface area contributed by atoms with Crippen LogP contribution in [0.15, 0.2) is 28.8 Å². The van der Waals surface area contributed by atoms with Crippen molar-refractivity contribution in [3.05, 3.63) is 35.0 Å². The number of hydrogen-bond acceptors (Lipinski definition) is 3. The number of anilines is 1. The minimum absolute atomic E-state index is 0.0372. The number of alkyl halides is 3. The third kappa shape index (κ3) is 2.52. The normalized spacial score (nSPS) is 11.8. The first-order valence-corrected chi connectivity index (χ1v) is 4.83. The Kier molecular flexibility index (Phi) is 2.74. The average Bonchev–Trinajstić information content (AvgIpc) is 2.62. The van der Waals surface area contributed by atoms with E-state index in [-0.39, 0.29) is 22.4 Å². The van der Waals surface area contributed by atoms with E-state index in [0.717, 1.165) is 12.1 Å². The first kappa shape index (κ1) is 11.8. The van der Waals surface area contributed by atoms with Gasteiger partial charge in [-0.1, -0.05) is 11.6 Å². The third-order valence-corrected chi connectivity index (χ3v) is 2.25. The molecule has 7 heteroatoms. The number of aromatic nitrogens is 1. The number of rotatable bonds is 1. The number of nitrogens with two attached hydrogens (primary N) is 1. The van der Waals surface area contributed by atoms with Gasteiger partial charge in [0.05, 0.1) is 11.8 Å². The van der Waals surface area contributed by atoms with Gasteiger partial charge in [0.25, 0.3) is 6.01 Å². The second kappa shape index (κ2) is 3.96. The zero-order valence-electron chi connectivity index (χ0n) is 8.25. The van der Waals surface area contributed by atoms with Crippen molar-refractivity contribution in [3.63, 3.8) is 0 Å². The van der Waals surface area contributed by atoms with E-state index in [1.165, 1.54) is 12.3 Å². The summed E-state index contributed by atoms with van der Waals surface area (Å²) in [5, 5.41) is -0.0372. The summed E-state index contributed by atoms with van der Waals surface area (Å²) in [4.78, 5) is 3.60. The topological polar surface area (TPSA) is 52.0 Å². The Balaban J connectivity index is 2.52.